The molecule has 0 aliphatic carbocycles. The summed E-state index contributed by atoms with van der Waals surface area (Å²) in [5.74, 6) is 0.345. The van der Waals surface area contributed by atoms with Gasteiger partial charge in [0.15, 0.2) is 5.69 Å². The van der Waals surface area contributed by atoms with Crippen molar-refractivity contribution >= 4 is 29.2 Å². The number of rotatable bonds is 3. The molecule has 7 nitrogen and oxygen atoms in total. The van der Waals surface area contributed by atoms with Gasteiger partial charge in [0.25, 0.3) is 0 Å². The van der Waals surface area contributed by atoms with E-state index in [2.05, 4.69) is 10.3 Å². The van der Waals surface area contributed by atoms with Crippen LogP contribution in [0, 0.1) is 17.2 Å². The van der Waals surface area contributed by atoms with Gasteiger partial charge in [-0.1, -0.05) is 11.6 Å². The molecule has 1 unspecified atom stereocenters. The van der Waals surface area contributed by atoms with Crippen LogP contribution in [0.5, 0.6) is 0 Å². The summed E-state index contributed by atoms with van der Waals surface area (Å²) in [5, 5.41) is 11.9. The van der Waals surface area contributed by atoms with Crippen molar-refractivity contribution in [1.29, 1.82) is 5.26 Å². The Kier molecular flexibility index (Phi) is 4.09. The molecule has 0 saturated carbocycles. The number of hydrogen-bond donors (Lipinski definition) is 1. The van der Waals surface area contributed by atoms with Crippen LogP contribution in [-0.4, -0.2) is 54.4 Å². The molecule has 1 atom stereocenters. The minimum Gasteiger partial charge on any atom is -0.359 e. The molecule has 0 spiro atoms. The lowest BCUT2D eigenvalue weighted by Gasteiger charge is -2.44. The predicted octanol–water partition coefficient (Wildman–Crippen LogP) is 0.390. The number of carbonyl (C=O) groups excluding carboxylic acids is 2. The van der Waals surface area contributed by atoms with Crippen LogP contribution in [-0.2, 0) is 9.59 Å². The van der Waals surface area contributed by atoms with Crippen LogP contribution in [0.4, 0.5) is 5.82 Å². The van der Waals surface area contributed by atoms with Crippen LogP contribution in [0.2, 0.25) is 5.02 Å². The van der Waals surface area contributed by atoms with Gasteiger partial charge in [-0.05, 0) is 12.1 Å². The molecule has 0 bridgehead atoms. The number of halogens is 1. The van der Waals surface area contributed by atoms with E-state index in [1.54, 1.807) is 24.1 Å². The Labute approximate surface area is 138 Å². The van der Waals surface area contributed by atoms with Crippen molar-refractivity contribution in [2.24, 2.45) is 5.92 Å². The number of amides is 2. The number of likely N-dealkylation sites (tertiary alicyclic amines) is 1. The lowest BCUT2D eigenvalue weighted by molar-refractivity contribution is -0.130. The van der Waals surface area contributed by atoms with Crippen LogP contribution in [0.25, 0.3) is 0 Å². The highest BCUT2D eigenvalue weighted by molar-refractivity contribution is 6.31. The number of nitrogens with zero attached hydrogens (tertiary/aromatic N) is 4. The molecule has 0 radical (unpaired) electrons. The minimum absolute atomic E-state index is 0.0185. The van der Waals surface area contributed by atoms with Crippen molar-refractivity contribution in [2.45, 2.75) is 12.5 Å². The van der Waals surface area contributed by atoms with Crippen LogP contribution in [0.3, 0.4) is 0 Å². The molecule has 2 amide bonds. The fourth-order valence-corrected chi connectivity index (χ4v) is 3.14. The van der Waals surface area contributed by atoms with Crippen molar-refractivity contribution in [3.63, 3.8) is 0 Å². The minimum atomic E-state index is -0.264. The van der Waals surface area contributed by atoms with Crippen molar-refractivity contribution in [3.05, 3.63) is 22.8 Å². The van der Waals surface area contributed by atoms with Gasteiger partial charge in [0.2, 0.25) is 11.8 Å². The Hall–Kier alpha value is -2.33. The van der Waals surface area contributed by atoms with Gasteiger partial charge in [-0.15, -0.1) is 0 Å². The van der Waals surface area contributed by atoms with Gasteiger partial charge >= 0.3 is 0 Å². The number of aromatic nitrogens is 1. The number of pyridine rings is 1. The van der Waals surface area contributed by atoms with E-state index in [1.807, 2.05) is 11.0 Å². The van der Waals surface area contributed by atoms with Crippen molar-refractivity contribution < 1.29 is 9.59 Å². The van der Waals surface area contributed by atoms with E-state index >= 15 is 0 Å². The number of nitrogens with one attached hydrogen (secondary N) is 1. The maximum absolute atomic E-state index is 12.1. The zero-order chi connectivity index (χ0) is 16.6. The molecule has 3 heterocycles. The molecule has 3 rings (SSSR count). The third-order valence-corrected chi connectivity index (χ3v) is 4.64. The normalized spacial score (nSPS) is 21.1. The Morgan fingerprint density at radius 1 is 1.43 bits per heavy atom. The Morgan fingerprint density at radius 3 is 2.83 bits per heavy atom. The molecule has 1 aromatic rings. The highest BCUT2D eigenvalue weighted by atomic mass is 35.5. The summed E-state index contributed by atoms with van der Waals surface area (Å²) >= 11 is 5.88. The first-order valence-electron chi connectivity index (χ1n) is 7.36. The fraction of sp³-hybridized carbons (Fsp3) is 0.467. The Bertz CT molecular complexity index is 696. The second-order valence-electron chi connectivity index (χ2n) is 5.73. The van der Waals surface area contributed by atoms with Gasteiger partial charge in [-0.25, -0.2) is 4.98 Å². The molecule has 2 fully saturated rings. The first kappa shape index (κ1) is 15.6. The topological polar surface area (TPSA) is 89.3 Å². The van der Waals surface area contributed by atoms with Crippen LogP contribution in [0.15, 0.2) is 12.1 Å². The van der Waals surface area contributed by atoms with E-state index in [9.17, 15) is 9.59 Å². The summed E-state index contributed by atoms with van der Waals surface area (Å²) in [6.07, 6.45) is 0.272. The van der Waals surface area contributed by atoms with Gasteiger partial charge in [-0.3, -0.25) is 9.59 Å². The predicted molar refractivity (Wildman–Crippen MR) is 83.8 cm³/mol. The standard InChI is InChI=1S/C15H16ClN5O2/c1-18-15(23)9-4-14(22)21(6-9)10-7-20(8-10)13-3-2-11(16)12(5-17)19-13/h2-3,9-10H,4,6-8H2,1H3,(H,18,23). The summed E-state index contributed by atoms with van der Waals surface area (Å²) in [6, 6.07) is 5.46. The monoisotopic (exact) mass is 333 g/mol. The van der Waals surface area contributed by atoms with E-state index in [4.69, 9.17) is 16.9 Å². The van der Waals surface area contributed by atoms with Gasteiger partial charge < -0.3 is 15.1 Å². The van der Waals surface area contributed by atoms with Crippen molar-refractivity contribution in [1.82, 2.24) is 15.2 Å². The highest BCUT2D eigenvalue weighted by Gasteiger charge is 2.42. The molecule has 8 heteroatoms. The van der Waals surface area contributed by atoms with E-state index in [1.165, 1.54) is 0 Å². The van der Waals surface area contributed by atoms with E-state index in [-0.39, 0.29) is 35.9 Å². The molecular formula is C15H16ClN5O2. The maximum Gasteiger partial charge on any atom is 0.225 e. The maximum atomic E-state index is 12.1. The summed E-state index contributed by atoms with van der Waals surface area (Å²) in [6.45, 7) is 1.76. The summed E-state index contributed by atoms with van der Waals surface area (Å²) in [5.41, 5.74) is 0.199. The average molecular weight is 334 g/mol. The SMILES string of the molecule is CNC(=O)C1CC(=O)N(C2CN(c3ccc(Cl)c(C#N)n3)C2)C1. The van der Waals surface area contributed by atoms with Crippen LogP contribution in [0.1, 0.15) is 12.1 Å². The molecule has 2 aliphatic rings. The highest BCUT2D eigenvalue weighted by Crippen LogP contribution is 2.28. The molecule has 120 valence electrons. The number of nitriles is 1. The van der Waals surface area contributed by atoms with Gasteiger partial charge in [0.1, 0.15) is 11.9 Å². The summed E-state index contributed by atoms with van der Waals surface area (Å²) in [4.78, 5) is 31.7. The molecule has 23 heavy (non-hydrogen) atoms. The third kappa shape index (κ3) is 2.82. The van der Waals surface area contributed by atoms with Crippen molar-refractivity contribution in [3.8, 4) is 6.07 Å². The van der Waals surface area contributed by atoms with Gasteiger partial charge in [0.05, 0.1) is 17.0 Å². The van der Waals surface area contributed by atoms with Crippen molar-refractivity contribution in [2.75, 3.05) is 31.6 Å². The largest absolute Gasteiger partial charge is 0.359 e. The first-order valence-corrected chi connectivity index (χ1v) is 7.74. The number of hydrogen-bond acceptors (Lipinski definition) is 5. The number of anilines is 1. The summed E-state index contributed by atoms with van der Waals surface area (Å²) < 4.78 is 0. The van der Waals surface area contributed by atoms with E-state index in [0.717, 1.165) is 0 Å². The molecule has 0 aromatic carbocycles. The lowest BCUT2D eigenvalue weighted by atomic mass is 10.1. The second kappa shape index (κ2) is 6.05. The fourth-order valence-electron chi connectivity index (χ4n) is 2.99. The zero-order valence-corrected chi connectivity index (χ0v) is 13.4. The van der Waals surface area contributed by atoms with E-state index < -0.39 is 0 Å². The molecule has 2 saturated heterocycles. The second-order valence-corrected chi connectivity index (χ2v) is 6.14. The van der Waals surface area contributed by atoms with Gasteiger partial charge in [-0.2, -0.15) is 5.26 Å². The average Bonchev–Trinajstić information content (AvgIpc) is 2.88. The first-order chi connectivity index (χ1) is 11.0. The zero-order valence-electron chi connectivity index (χ0n) is 12.6. The molecular weight excluding hydrogens is 318 g/mol. The van der Waals surface area contributed by atoms with Crippen LogP contribution < -0.4 is 10.2 Å². The Balaban J connectivity index is 1.62. The number of carbonyl (C=O) groups is 2. The summed E-state index contributed by atoms with van der Waals surface area (Å²) in [7, 11) is 1.58. The molecule has 1 N–H and O–H groups in total. The smallest absolute Gasteiger partial charge is 0.225 e. The van der Waals surface area contributed by atoms with E-state index in [0.29, 0.717) is 30.5 Å². The molecule has 1 aromatic heterocycles. The quantitative estimate of drug-likeness (QED) is 0.864. The Morgan fingerprint density at radius 2 is 2.17 bits per heavy atom. The lowest BCUT2D eigenvalue weighted by Crippen LogP contribution is -2.60. The third-order valence-electron chi connectivity index (χ3n) is 4.34. The van der Waals surface area contributed by atoms with Gasteiger partial charge in [0, 0.05) is 33.1 Å². The molecule has 2 aliphatic heterocycles. The van der Waals surface area contributed by atoms with Crippen LogP contribution >= 0.6 is 11.6 Å².